The van der Waals surface area contributed by atoms with Gasteiger partial charge in [0.2, 0.25) is 0 Å². The van der Waals surface area contributed by atoms with Crippen LogP contribution in [0.15, 0.2) is 24.0 Å². The first kappa shape index (κ1) is 14.6. The van der Waals surface area contributed by atoms with E-state index in [0.29, 0.717) is 4.70 Å². The number of aromatic nitrogens is 1. The van der Waals surface area contributed by atoms with E-state index in [1.807, 2.05) is 0 Å². The average molecular weight is 319 g/mol. The van der Waals surface area contributed by atoms with Crippen LogP contribution in [0.3, 0.4) is 0 Å². The fourth-order valence-corrected chi connectivity index (χ4v) is 2.61. The van der Waals surface area contributed by atoms with Gasteiger partial charge in [-0.05, 0) is 18.2 Å². The van der Waals surface area contributed by atoms with Gasteiger partial charge in [0.15, 0.2) is 0 Å². The fourth-order valence-electron chi connectivity index (χ4n) is 1.51. The Morgan fingerprint density at radius 2 is 2.15 bits per heavy atom. The molecule has 0 radical (unpaired) electrons. The number of alkyl halides is 4. The molecule has 0 fully saturated rings. The Morgan fingerprint density at radius 1 is 1.45 bits per heavy atom. The van der Waals surface area contributed by atoms with Crippen LogP contribution in [-0.2, 0) is 6.18 Å². The monoisotopic (exact) mass is 318 g/mol. The molecule has 2 aromatic rings. The summed E-state index contributed by atoms with van der Waals surface area (Å²) < 4.78 is 38.2. The molecule has 0 bridgehead atoms. The van der Waals surface area contributed by atoms with Crippen molar-refractivity contribution >= 4 is 38.7 Å². The maximum absolute atomic E-state index is 12.6. The summed E-state index contributed by atoms with van der Waals surface area (Å²) in [5, 5.41) is 18.6. The van der Waals surface area contributed by atoms with Gasteiger partial charge < -0.3 is 5.11 Å². The molecule has 104 valence electrons. The maximum Gasteiger partial charge on any atom is 0.416 e. The number of allylic oxidation sites excluding steroid dienone is 2. The molecule has 1 heterocycles. The number of hydrogen-bond donors (Lipinski definition) is 1. The van der Waals surface area contributed by atoms with E-state index in [-0.39, 0.29) is 27.7 Å². The van der Waals surface area contributed by atoms with Gasteiger partial charge in [-0.15, -0.1) is 22.9 Å². The molecule has 0 spiro atoms. The summed E-state index contributed by atoms with van der Waals surface area (Å²) in [6.07, 6.45) is -4.45. The van der Waals surface area contributed by atoms with E-state index in [9.17, 15) is 18.3 Å². The molecule has 8 heteroatoms. The zero-order valence-electron chi connectivity index (χ0n) is 9.70. The number of fused-ring (bicyclic) bond motifs is 1. The van der Waals surface area contributed by atoms with Crippen LogP contribution in [0.25, 0.3) is 15.8 Å². The molecule has 1 N–H and O–H groups in total. The van der Waals surface area contributed by atoms with E-state index < -0.39 is 11.7 Å². The van der Waals surface area contributed by atoms with Crippen molar-refractivity contribution in [2.24, 2.45) is 0 Å². The van der Waals surface area contributed by atoms with Crippen LogP contribution in [0.4, 0.5) is 13.2 Å². The van der Waals surface area contributed by atoms with Gasteiger partial charge in [-0.2, -0.15) is 18.4 Å². The molecule has 2 rings (SSSR count). The Labute approximate surface area is 120 Å². The van der Waals surface area contributed by atoms with Gasteiger partial charge in [0.25, 0.3) is 0 Å². The maximum atomic E-state index is 12.6. The molecule has 0 saturated carbocycles. The van der Waals surface area contributed by atoms with Crippen LogP contribution < -0.4 is 0 Å². The highest BCUT2D eigenvalue weighted by molar-refractivity contribution is 7.19. The second-order valence-electron chi connectivity index (χ2n) is 3.77. The smallest absolute Gasteiger partial charge is 0.416 e. The number of nitriles is 1. The number of aliphatic hydroxyl groups is 1. The molecule has 0 unspecified atom stereocenters. The normalized spacial score (nSPS) is 13.2. The van der Waals surface area contributed by atoms with Crippen molar-refractivity contribution in [3.63, 3.8) is 0 Å². The lowest BCUT2D eigenvalue weighted by Crippen LogP contribution is -2.03. The van der Waals surface area contributed by atoms with Gasteiger partial charge in [-0.3, -0.25) is 0 Å². The van der Waals surface area contributed by atoms with E-state index in [1.165, 1.54) is 6.07 Å². The van der Waals surface area contributed by atoms with Crippen LogP contribution >= 0.6 is 22.9 Å². The van der Waals surface area contributed by atoms with Crippen LogP contribution in [0.5, 0.6) is 0 Å². The Morgan fingerprint density at radius 3 is 2.70 bits per heavy atom. The van der Waals surface area contributed by atoms with Gasteiger partial charge in [0, 0.05) is 0 Å². The quantitative estimate of drug-likeness (QED) is 0.509. The third kappa shape index (κ3) is 2.71. The topological polar surface area (TPSA) is 56.9 Å². The third-order valence-corrected chi connectivity index (χ3v) is 3.76. The largest absolute Gasteiger partial charge is 0.510 e. The Hall–Kier alpha value is -1.78. The van der Waals surface area contributed by atoms with Crippen molar-refractivity contribution in [3.05, 3.63) is 34.5 Å². The molecule has 0 saturated heterocycles. The van der Waals surface area contributed by atoms with Crippen molar-refractivity contribution in [3.8, 4) is 6.07 Å². The number of benzene rings is 1. The SMILES string of the molecule is N#CC(=C(O)CCl)c1nc2cc(C(F)(F)F)ccc2s1. The van der Waals surface area contributed by atoms with Crippen molar-refractivity contribution in [1.29, 1.82) is 5.26 Å². The zero-order valence-corrected chi connectivity index (χ0v) is 11.3. The van der Waals surface area contributed by atoms with Crippen LogP contribution in [-0.4, -0.2) is 16.0 Å². The predicted molar refractivity (Wildman–Crippen MR) is 70.5 cm³/mol. The molecular weight excluding hydrogens is 313 g/mol. The van der Waals surface area contributed by atoms with Gasteiger partial charge in [0.1, 0.15) is 22.4 Å². The standard InChI is InChI=1S/C12H6ClF3N2OS/c13-4-9(19)7(5-17)11-18-8-3-6(12(14,15)16)1-2-10(8)20-11/h1-3,19H,4H2. The van der Waals surface area contributed by atoms with Gasteiger partial charge in [0.05, 0.1) is 21.7 Å². The first-order valence-electron chi connectivity index (χ1n) is 5.23. The van der Waals surface area contributed by atoms with Crippen molar-refractivity contribution in [2.75, 3.05) is 5.88 Å². The number of thiazole rings is 1. The van der Waals surface area contributed by atoms with E-state index >= 15 is 0 Å². The Kier molecular flexibility index (Phi) is 3.88. The molecule has 1 aromatic heterocycles. The molecule has 0 aliphatic rings. The number of rotatable bonds is 2. The lowest BCUT2D eigenvalue weighted by atomic mass is 10.2. The minimum Gasteiger partial charge on any atom is -0.510 e. The van der Waals surface area contributed by atoms with Crippen LogP contribution in [0.1, 0.15) is 10.6 Å². The Balaban J connectivity index is 2.58. The summed E-state index contributed by atoms with van der Waals surface area (Å²) >= 11 is 6.44. The first-order chi connectivity index (χ1) is 9.36. The van der Waals surface area contributed by atoms with E-state index in [4.69, 9.17) is 16.9 Å². The summed E-state index contributed by atoms with van der Waals surface area (Å²) in [5.74, 6) is -0.628. The average Bonchev–Trinajstić information content (AvgIpc) is 2.80. The molecule has 0 amide bonds. The summed E-state index contributed by atoms with van der Waals surface area (Å²) in [7, 11) is 0. The molecule has 0 aliphatic heterocycles. The minimum atomic E-state index is -4.45. The summed E-state index contributed by atoms with van der Waals surface area (Å²) in [6, 6.07) is 4.88. The van der Waals surface area contributed by atoms with E-state index in [2.05, 4.69) is 4.98 Å². The summed E-state index contributed by atoms with van der Waals surface area (Å²) in [6.45, 7) is 0. The van der Waals surface area contributed by atoms with E-state index in [0.717, 1.165) is 23.5 Å². The number of hydrogen-bond acceptors (Lipinski definition) is 4. The second-order valence-corrected chi connectivity index (χ2v) is 5.06. The number of halogens is 4. The lowest BCUT2D eigenvalue weighted by molar-refractivity contribution is -0.137. The molecule has 0 atom stereocenters. The molecule has 20 heavy (non-hydrogen) atoms. The van der Waals surface area contributed by atoms with Gasteiger partial charge >= 0.3 is 6.18 Å². The highest BCUT2D eigenvalue weighted by Crippen LogP contribution is 2.34. The van der Waals surface area contributed by atoms with Crippen molar-refractivity contribution in [1.82, 2.24) is 4.98 Å². The van der Waals surface area contributed by atoms with Crippen molar-refractivity contribution < 1.29 is 18.3 Å². The van der Waals surface area contributed by atoms with Gasteiger partial charge in [-0.1, -0.05) is 0 Å². The minimum absolute atomic E-state index is 0.120. The van der Waals surface area contributed by atoms with Crippen molar-refractivity contribution in [2.45, 2.75) is 6.18 Å². The predicted octanol–water partition coefficient (Wildman–Crippen LogP) is 4.35. The number of nitrogens with zero attached hydrogens (tertiary/aromatic N) is 2. The molecule has 0 aliphatic carbocycles. The molecule has 3 nitrogen and oxygen atoms in total. The van der Waals surface area contributed by atoms with Crippen LogP contribution in [0.2, 0.25) is 0 Å². The zero-order chi connectivity index (χ0) is 14.9. The highest BCUT2D eigenvalue weighted by Gasteiger charge is 2.30. The second kappa shape index (κ2) is 5.31. The first-order valence-corrected chi connectivity index (χ1v) is 6.58. The molecular formula is C12H6ClF3N2OS. The molecule has 1 aromatic carbocycles. The fraction of sp³-hybridized carbons (Fsp3) is 0.167. The lowest BCUT2D eigenvalue weighted by Gasteiger charge is -2.04. The van der Waals surface area contributed by atoms with E-state index in [1.54, 1.807) is 6.07 Å². The van der Waals surface area contributed by atoms with Crippen LogP contribution in [0, 0.1) is 11.3 Å². The third-order valence-electron chi connectivity index (χ3n) is 2.46. The Bertz CT molecular complexity index is 730. The highest BCUT2D eigenvalue weighted by atomic mass is 35.5. The summed E-state index contributed by atoms with van der Waals surface area (Å²) in [5.41, 5.74) is -0.824. The summed E-state index contributed by atoms with van der Waals surface area (Å²) in [4.78, 5) is 3.95. The van der Waals surface area contributed by atoms with Gasteiger partial charge in [-0.25, -0.2) is 4.98 Å². The number of aliphatic hydroxyl groups excluding tert-OH is 1.